The topological polar surface area (TPSA) is 31.6 Å². The summed E-state index contributed by atoms with van der Waals surface area (Å²) >= 11 is 10.6. The molecule has 0 fully saturated rings. The number of hydrogen-bond donors (Lipinski definition) is 2. The van der Waals surface area contributed by atoms with Crippen molar-refractivity contribution in [1.82, 2.24) is 9.97 Å². The number of pyridine rings is 2. The molecular weight excluding hydrogens is 477 g/mol. The highest BCUT2D eigenvalue weighted by Crippen LogP contribution is 2.29. The van der Waals surface area contributed by atoms with Crippen LogP contribution in [0.1, 0.15) is 11.1 Å². The Labute approximate surface area is 221 Å². The van der Waals surface area contributed by atoms with Crippen molar-refractivity contribution in [2.24, 2.45) is 0 Å². The monoisotopic (exact) mass is 502 g/mol. The fourth-order valence-electron chi connectivity index (χ4n) is 4.45. The van der Waals surface area contributed by atoms with Crippen molar-refractivity contribution in [3.05, 3.63) is 130 Å². The van der Waals surface area contributed by atoms with Gasteiger partial charge in [-0.1, -0.05) is 108 Å². The summed E-state index contributed by atoms with van der Waals surface area (Å²) in [6.07, 6.45) is 0. The van der Waals surface area contributed by atoms with Gasteiger partial charge >= 0.3 is 0 Å². The Balaban J connectivity index is 0.000000148. The van der Waals surface area contributed by atoms with Crippen LogP contribution < -0.4 is 0 Å². The van der Waals surface area contributed by atoms with Gasteiger partial charge in [0.15, 0.2) is 0 Å². The molecule has 0 radical (unpaired) electrons. The van der Waals surface area contributed by atoms with Gasteiger partial charge < -0.3 is 9.97 Å². The first-order valence-electron chi connectivity index (χ1n) is 11.9. The van der Waals surface area contributed by atoms with Crippen molar-refractivity contribution in [3.63, 3.8) is 0 Å². The van der Waals surface area contributed by atoms with Crippen LogP contribution in [-0.4, -0.2) is 9.97 Å². The lowest BCUT2D eigenvalue weighted by Crippen LogP contribution is -1.86. The molecule has 6 aromatic rings. The van der Waals surface area contributed by atoms with E-state index in [1.807, 2.05) is 24.3 Å². The molecule has 2 aromatic heterocycles. The molecule has 36 heavy (non-hydrogen) atoms. The van der Waals surface area contributed by atoms with E-state index >= 15 is 0 Å². The summed E-state index contributed by atoms with van der Waals surface area (Å²) in [6, 6.07) is 37.6. The number of aromatic amines is 2. The van der Waals surface area contributed by atoms with E-state index in [2.05, 4.69) is 109 Å². The molecule has 0 aliphatic heterocycles. The van der Waals surface area contributed by atoms with Crippen LogP contribution in [0.4, 0.5) is 0 Å². The zero-order valence-corrected chi connectivity index (χ0v) is 21.8. The van der Waals surface area contributed by atoms with E-state index in [0.29, 0.717) is 0 Å². The van der Waals surface area contributed by atoms with E-state index < -0.39 is 0 Å². The molecule has 4 heteroatoms. The van der Waals surface area contributed by atoms with Crippen LogP contribution in [0.2, 0.25) is 0 Å². The van der Waals surface area contributed by atoms with Crippen LogP contribution in [0.3, 0.4) is 0 Å². The minimum atomic E-state index is 0.769. The third-order valence-corrected chi connectivity index (χ3v) is 6.61. The maximum absolute atomic E-state index is 5.30. The number of nitrogens with one attached hydrogen (secondary N) is 2. The van der Waals surface area contributed by atoms with E-state index in [-0.39, 0.29) is 0 Å². The average Bonchev–Trinajstić information content (AvgIpc) is 2.90. The fourth-order valence-corrected chi connectivity index (χ4v) is 4.90. The van der Waals surface area contributed by atoms with E-state index in [4.69, 9.17) is 24.4 Å². The number of hydrogen-bond acceptors (Lipinski definition) is 2. The second kappa shape index (κ2) is 10.4. The normalized spacial score (nSPS) is 10.7. The van der Waals surface area contributed by atoms with Gasteiger partial charge in [-0.05, 0) is 72.5 Å². The third kappa shape index (κ3) is 5.20. The Morgan fingerprint density at radius 3 is 1.25 bits per heavy atom. The van der Waals surface area contributed by atoms with Crippen molar-refractivity contribution in [1.29, 1.82) is 0 Å². The minimum absolute atomic E-state index is 0.769. The molecule has 6 rings (SSSR count). The van der Waals surface area contributed by atoms with Gasteiger partial charge in [-0.2, -0.15) is 0 Å². The van der Waals surface area contributed by atoms with E-state index in [1.165, 1.54) is 44.2 Å². The Bertz CT molecular complexity index is 1650. The quantitative estimate of drug-likeness (QED) is 0.231. The Morgan fingerprint density at radius 2 is 0.861 bits per heavy atom. The van der Waals surface area contributed by atoms with E-state index in [9.17, 15) is 0 Å². The predicted molar refractivity (Wildman–Crippen MR) is 159 cm³/mol. The first-order valence-corrected chi connectivity index (χ1v) is 12.7. The standard InChI is InChI=1S/2C16H13NS/c2*1-11-7-8-15-14(9-11)13(10-16(18)17-15)12-5-3-2-4-6-12/h2*2-10H,1H3,(H,17,18). The predicted octanol–water partition coefficient (Wildman–Crippen LogP) is 9.75. The number of fused-ring (bicyclic) bond motifs is 2. The first kappa shape index (κ1) is 23.9. The Hall–Kier alpha value is -3.86. The number of aromatic nitrogens is 2. The fraction of sp³-hybridized carbons (Fsp3) is 0.0625. The van der Waals surface area contributed by atoms with Gasteiger partial charge in [0, 0.05) is 21.8 Å². The Kier molecular flexibility index (Phi) is 6.90. The molecule has 0 aliphatic rings. The van der Waals surface area contributed by atoms with Crippen LogP contribution in [0.25, 0.3) is 44.1 Å². The van der Waals surface area contributed by atoms with Crippen molar-refractivity contribution in [2.45, 2.75) is 13.8 Å². The van der Waals surface area contributed by atoms with Crippen LogP contribution in [0.15, 0.2) is 109 Å². The third-order valence-electron chi connectivity index (χ3n) is 6.17. The summed E-state index contributed by atoms with van der Waals surface area (Å²) in [5.74, 6) is 0. The van der Waals surface area contributed by atoms with Crippen molar-refractivity contribution < 1.29 is 0 Å². The maximum Gasteiger partial charge on any atom is 0.104 e. The number of aryl methyl sites for hydroxylation is 2. The molecule has 4 aromatic carbocycles. The van der Waals surface area contributed by atoms with Crippen LogP contribution in [-0.2, 0) is 0 Å². The van der Waals surface area contributed by atoms with E-state index in [0.717, 1.165) is 20.3 Å². The summed E-state index contributed by atoms with van der Waals surface area (Å²) in [5, 5.41) is 2.43. The van der Waals surface area contributed by atoms with Gasteiger partial charge in [0.25, 0.3) is 0 Å². The highest BCUT2D eigenvalue weighted by Gasteiger charge is 2.06. The van der Waals surface area contributed by atoms with Gasteiger partial charge in [0.05, 0.1) is 0 Å². The van der Waals surface area contributed by atoms with Crippen molar-refractivity contribution in [3.8, 4) is 22.3 Å². The molecule has 176 valence electrons. The summed E-state index contributed by atoms with van der Waals surface area (Å²) in [4.78, 5) is 6.48. The zero-order chi connectivity index (χ0) is 25.1. The van der Waals surface area contributed by atoms with Crippen molar-refractivity contribution in [2.75, 3.05) is 0 Å². The van der Waals surface area contributed by atoms with Gasteiger partial charge in [0.2, 0.25) is 0 Å². The second-order valence-electron chi connectivity index (χ2n) is 8.92. The molecule has 2 heterocycles. The van der Waals surface area contributed by atoms with Gasteiger partial charge in [-0.3, -0.25) is 0 Å². The van der Waals surface area contributed by atoms with Gasteiger partial charge in [0.1, 0.15) is 9.28 Å². The highest BCUT2D eigenvalue weighted by molar-refractivity contribution is 7.71. The first-order chi connectivity index (χ1) is 17.5. The zero-order valence-electron chi connectivity index (χ0n) is 20.2. The largest absolute Gasteiger partial charge is 0.346 e. The number of rotatable bonds is 2. The molecule has 0 bridgehead atoms. The molecular formula is C32H26N2S2. The smallest absolute Gasteiger partial charge is 0.104 e. The van der Waals surface area contributed by atoms with Crippen molar-refractivity contribution >= 4 is 46.2 Å². The van der Waals surface area contributed by atoms with Gasteiger partial charge in [-0.25, -0.2) is 0 Å². The van der Waals surface area contributed by atoms with E-state index in [1.54, 1.807) is 0 Å². The molecule has 0 amide bonds. The molecule has 0 saturated carbocycles. The molecule has 0 unspecified atom stereocenters. The number of H-pyrrole nitrogens is 2. The maximum atomic E-state index is 5.30. The lowest BCUT2D eigenvalue weighted by molar-refractivity contribution is 1.36. The lowest BCUT2D eigenvalue weighted by Gasteiger charge is -2.08. The minimum Gasteiger partial charge on any atom is -0.346 e. The van der Waals surface area contributed by atoms with Crippen LogP contribution >= 0.6 is 24.4 Å². The SMILES string of the molecule is Cc1ccc2[nH]c(=S)cc(-c3ccccc3)c2c1.Cc1ccc2[nH]c(=S)cc(-c3ccccc3)c2c1. The summed E-state index contributed by atoms with van der Waals surface area (Å²) < 4.78 is 1.54. The highest BCUT2D eigenvalue weighted by atomic mass is 32.1. The lowest BCUT2D eigenvalue weighted by atomic mass is 10.0. The molecule has 2 nitrogen and oxygen atoms in total. The molecule has 0 saturated heterocycles. The molecule has 0 atom stereocenters. The summed E-state index contributed by atoms with van der Waals surface area (Å²) in [7, 11) is 0. The molecule has 0 spiro atoms. The number of benzene rings is 4. The summed E-state index contributed by atoms with van der Waals surface area (Å²) in [5.41, 5.74) is 9.48. The average molecular weight is 503 g/mol. The summed E-state index contributed by atoms with van der Waals surface area (Å²) in [6.45, 7) is 4.21. The molecule has 2 N–H and O–H groups in total. The second-order valence-corrected chi connectivity index (χ2v) is 9.80. The Morgan fingerprint density at radius 1 is 0.472 bits per heavy atom. The van der Waals surface area contributed by atoms with Gasteiger partial charge in [-0.15, -0.1) is 0 Å². The van der Waals surface area contributed by atoms with Crippen LogP contribution in [0.5, 0.6) is 0 Å². The molecule has 0 aliphatic carbocycles. The van der Waals surface area contributed by atoms with Crippen LogP contribution in [0, 0.1) is 23.1 Å².